The Hall–Kier alpha value is -0.610. The van der Waals surface area contributed by atoms with E-state index in [-0.39, 0.29) is 0 Å². The summed E-state index contributed by atoms with van der Waals surface area (Å²) in [6, 6.07) is 0. The first kappa shape index (κ1) is 14.5. The first-order valence-corrected chi connectivity index (χ1v) is 7.44. The number of hydrogen-bond donors (Lipinski definition) is 1. The highest BCUT2D eigenvalue weighted by atomic mass is 32.1. The fraction of sp³-hybridized carbons (Fsp3) is 0.769. The SMILES string of the molecule is CCCN(CC)c1nc(C(C)CC)c(CN)s1. The minimum absolute atomic E-state index is 0.513. The first-order valence-electron chi connectivity index (χ1n) is 6.62. The molecule has 0 bridgehead atoms. The molecule has 4 heteroatoms. The van der Waals surface area contributed by atoms with Crippen LogP contribution < -0.4 is 10.6 Å². The predicted octanol–water partition coefficient (Wildman–Crippen LogP) is 3.35. The fourth-order valence-corrected chi connectivity index (χ4v) is 3.02. The Bertz CT molecular complexity index is 335. The minimum Gasteiger partial charge on any atom is -0.348 e. The maximum absolute atomic E-state index is 5.82. The van der Waals surface area contributed by atoms with E-state index in [9.17, 15) is 0 Å². The van der Waals surface area contributed by atoms with Gasteiger partial charge in [-0.15, -0.1) is 11.3 Å². The summed E-state index contributed by atoms with van der Waals surface area (Å²) in [5.41, 5.74) is 7.04. The summed E-state index contributed by atoms with van der Waals surface area (Å²) in [5, 5.41) is 1.14. The van der Waals surface area contributed by atoms with Crippen LogP contribution in [0.1, 0.15) is 57.0 Å². The molecule has 0 fully saturated rings. The third-order valence-corrected chi connectivity index (χ3v) is 4.28. The molecular weight excluding hydrogens is 230 g/mol. The van der Waals surface area contributed by atoms with Gasteiger partial charge in [0.05, 0.1) is 5.69 Å². The maximum Gasteiger partial charge on any atom is 0.185 e. The second kappa shape index (κ2) is 6.97. The summed E-state index contributed by atoms with van der Waals surface area (Å²) in [6.07, 6.45) is 2.28. The highest BCUT2D eigenvalue weighted by Crippen LogP contribution is 2.31. The van der Waals surface area contributed by atoms with Gasteiger partial charge in [-0.3, -0.25) is 0 Å². The van der Waals surface area contributed by atoms with Gasteiger partial charge in [-0.25, -0.2) is 4.98 Å². The first-order chi connectivity index (χ1) is 8.17. The van der Waals surface area contributed by atoms with Crippen LogP contribution in [-0.4, -0.2) is 18.1 Å². The molecule has 1 aromatic heterocycles. The van der Waals surface area contributed by atoms with Crippen molar-refractivity contribution in [1.82, 2.24) is 4.98 Å². The summed E-state index contributed by atoms with van der Waals surface area (Å²) in [4.78, 5) is 8.40. The summed E-state index contributed by atoms with van der Waals surface area (Å²) in [7, 11) is 0. The van der Waals surface area contributed by atoms with Crippen molar-refractivity contribution in [3.8, 4) is 0 Å². The van der Waals surface area contributed by atoms with E-state index < -0.39 is 0 Å². The molecule has 0 aliphatic rings. The van der Waals surface area contributed by atoms with Crippen molar-refractivity contribution < 1.29 is 0 Å². The van der Waals surface area contributed by atoms with E-state index in [0.717, 1.165) is 31.1 Å². The second-order valence-electron chi connectivity index (χ2n) is 4.40. The monoisotopic (exact) mass is 255 g/mol. The van der Waals surface area contributed by atoms with Gasteiger partial charge < -0.3 is 10.6 Å². The van der Waals surface area contributed by atoms with E-state index in [2.05, 4.69) is 32.6 Å². The maximum atomic E-state index is 5.82. The Balaban J connectivity index is 2.98. The van der Waals surface area contributed by atoms with Crippen LogP contribution in [-0.2, 0) is 6.54 Å². The fourth-order valence-electron chi connectivity index (χ4n) is 1.87. The van der Waals surface area contributed by atoms with Crippen LogP contribution in [0, 0.1) is 0 Å². The lowest BCUT2D eigenvalue weighted by Crippen LogP contribution is -2.23. The molecule has 1 heterocycles. The summed E-state index contributed by atoms with van der Waals surface area (Å²) >= 11 is 1.77. The molecule has 17 heavy (non-hydrogen) atoms. The van der Waals surface area contributed by atoms with Crippen LogP contribution in [0.3, 0.4) is 0 Å². The topological polar surface area (TPSA) is 42.2 Å². The van der Waals surface area contributed by atoms with Gasteiger partial charge in [0.15, 0.2) is 5.13 Å². The van der Waals surface area contributed by atoms with Crippen LogP contribution in [0.2, 0.25) is 0 Å². The standard InChI is InChI=1S/C13H25N3S/c1-5-8-16(7-3)13-15-12(10(4)6-2)11(9-14)17-13/h10H,5-9,14H2,1-4H3. The van der Waals surface area contributed by atoms with Crippen LogP contribution >= 0.6 is 11.3 Å². The van der Waals surface area contributed by atoms with Gasteiger partial charge >= 0.3 is 0 Å². The van der Waals surface area contributed by atoms with Crippen molar-refractivity contribution in [2.45, 2.75) is 53.0 Å². The van der Waals surface area contributed by atoms with E-state index in [4.69, 9.17) is 10.7 Å². The normalized spacial score (nSPS) is 12.8. The minimum atomic E-state index is 0.513. The van der Waals surface area contributed by atoms with E-state index in [0.29, 0.717) is 12.5 Å². The molecule has 98 valence electrons. The third kappa shape index (κ3) is 3.42. The molecule has 0 radical (unpaired) electrons. The molecule has 2 N–H and O–H groups in total. The Kier molecular flexibility index (Phi) is 5.92. The predicted molar refractivity (Wildman–Crippen MR) is 76.9 cm³/mol. The highest BCUT2D eigenvalue weighted by molar-refractivity contribution is 7.15. The molecule has 0 spiro atoms. The molecule has 1 atom stereocenters. The summed E-state index contributed by atoms with van der Waals surface area (Å²) < 4.78 is 0. The molecule has 1 rings (SSSR count). The quantitative estimate of drug-likeness (QED) is 0.812. The smallest absolute Gasteiger partial charge is 0.185 e. The largest absolute Gasteiger partial charge is 0.348 e. The second-order valence-corrected chi connectivity index (χ2v) is 5.46. The van der Waals surface area contributed by atoms with Crippen molar-refractivity contribution in [2.75, 3.05) is 18.0 Å². The van der Waals surface area contributed by atoms with Gasteiger partial charge in [-0.2, -0.15) is 0 Å². The molecule has 0 saturated heterocycles. The van der Waals surface area contributed by atoms with E-state index >= 15 is 0 Å². The van der Waals surface area contributed by atoms with Crippen LogP contribution in [0.15, 0.2) is 0 Å². The molecule has 0 aliphatic carbocycles. The average molecular weight is 255 g/mol. The molecule has 0 saturated carbocycles. The van der Waals surface area contributed by atoms with Crippen molar-refractivity contribution in [3.05, 3.63) is 10.6 Å². The zero-order valence-corrected chi connectivity index (χ0v) is 12.3. The molecular formula is C13H25N3S. The Morgan fingerprint density at radius 3 is 2.53 bits per heavy atom. The number of hydrogen-bond acceptors (Lipinski definition) is 4. The molecule has 1 unspecified atom stereocenters. The number of anilines is 1. The van der Waals surface area contributed by atoms with E-state index in [1.54, 1.807) is 11.3 Å². The lowest BCUT2D eigenvalue weighted by Gasteiger charge is -2.18. The zero-order chi connectivity index (χ0) is 12.8. The van der Waals surface area contributed by atoms with Gasteiger partial charge in [-0.05, 0) is 25.7 Å². The Morgan fingerprint density at radius 1 is 1.35 bits per heavy atom. The highest BCUT2D eigenvalue weighted by Gasteiger charge is 2.17. The lowest BCUT2D eigenvalue weighted by molar-refractivity contribution is 0.699. The third-order valence-electron chi connectivity index (χ3n) is 3.13. The van der Waals surface area contributed by atoms with Crippen molar-refractivity contribution in [2.24, 2.45) is 5.73 Å². The van der Waals surface area contributed by atoms with Crippen LogP contribution in [0.5, 0.6) is 0 Å². The summed E-state index contributed by atoms with van der Waals surface area (Å²) in [6.45, 7) is 11.5. The number of thiazole rings is 1. The number of nitrogens with two attached hydrogens (primary N) is 1. The number of nitrogens with zero attached hydrogens (tertiary/aromatic N) is 2. The van der Waals surface area contributed by atoms with Crippen LogP contribution in [0.25, 0.3) is 0 Å². The zero-order valence-electron chi connectivity index (χ0n) is 11.5. The van der Waals surface area contributed by atoms with Gasteiger partial charge in [-0.1, -0.05) is 20.8 Å². The van der Waals surface area contributed by atoms with E-state index in [1.807, 2.05) is 0 Å². The number of rotatable bonds is 7. The average Bonchev–Trinajstić information content (AvgIpc) is 2.78. The van der Waals surface area contributed by atoms with Gasteiger partial charge in [0.2, 0.25) is 0 Å². The van der Waals surface area contributed by atoms with Crippen molar-refractivity contribution in [3.63, 3.8) is 0 Å². The van der Waals surface area contributed by atoms with Crippen LogP contribution in [0.4, 0.5) is 5.13 Å². The lowest BCUT2D eigenvalue weighted by atomic mass is 10.0. The van der Waals surface area contributed by atoms with Crippen molar-refractivity contribution >= 4 is 16.5 Å². The molecule has 1 aromatic rings. The Morgan fingerprint density at radius 2 is 2.06 bits per heavy atom. The Labute approximate surface area is 109 Å². The van der Waals surface area contributed by atoms with Gasteiger partial charge in [0, 0.05) is 24.5 Å². The molecule has 0 aromatic carbocycles. The molecule has 0 amide bonds. The van der Waals surface area contributed by atoms with Crippen molar-refractivity contribution in [1.29, 1.82) is 0 Å². The molecule has 0 aliphatic heterocycles. The van der Waals surface area contributed by atoms with Gasteiger partial charge in [0.25, 0.3) is 0 Å². The summed E-state index contributed by atoms with van der Waals surface area (Å²) in [5.74, 6) is 0.513. The van der Waals surface area contributed by atoms with E-state index in [1.165, 1.54) is 10.6 Å². The number of aromatic nitrogens is 1. The molecule has 3 nitrogen and oxygen atoms in total. The van der Waals surface area contributed by atoms with Gasteiger partial charge in [0.1, 0.15) is 0 Å².